The molecule has 3 nitrogen and oxygen atoms in total. The van der Waals surface area contributed by atoms with Gasteiger partial charge in [0.15, 0.2) is 0 Å². The minimum atomic E-state index is -4.33. The van der Waals surface area contributed by atoms with Crippen molar-refractivity contribution in [2.75, 3.05) is 26.2 Å². The highest BCUT2D eigenvalue weighted by atomic mass is 35.5. The van der Waals surface area contributed by atoms with Crippen molar-refractivity contribution in [1.29, 1.82) is 0 Å². The first-order chi connectivity index (χ1) is 12.3. The molecule has 0 atom stereocenters. The van der Waals surface area contributed by atoms with Crippen LogP contribution in [0.25, 0.3) is 0 Å². The molecule has 138 valence electrons. The summed E-state index contributed by atoms with van der Waals surface area (Å²) in [7, 11) is 0. The van der Waals surface area contributed by atoms with E-state index in [0.717, 1.165) is 6.07 Å². The summed E-state index contributed by atoms with van der Waals surface area (Å²) in [4.78, 5) is 16.3. The van der Waals surface area contributed by atoms with Gasteiger partial charge in [-0.1, -0.05) is 29.8 Å². The van der Waals surface area contributed by atoms with Crippen LogP contribution in [0.5, 0.6) is 0 Å². The van der Waals surface area contributed by atoms with E-state index in [4.69, 9.17) is 11.6 Å². The number of carbonyl (C=O) groups is 1. The molecule has 0 N–H and O–H groups in total. The van der Waals surface area contributed by atoms with Crippen molar-refractivity contribution in [3.05, 3.63) is 70.2 Å². The normalized spacial score (nSPS) is 15.9. The number of carbonyl (C=O) groups excluding carboxylic acids is 1. The molecule has 1 aliphatic rings. The molecule has 0 spiro atoms. The maximum atomic E-state index is 12.8. The van der Waals surface area contributed by atoms with Crippen molar-refractivity contribution in [1.82, 2.24) is 9.80 Å². The van der Waals surface area contributed by atoms with Gasteiger partial charge in [0.05, 0.1) is 5.56 Å². The molecule has 1 aliphatic heterocycles. The number of amides is 1. The van der Waals surface area contributed by atoms with E-state index < -0.39 is 11.7 Å². The number of benzene rings is 2. The highest BCUT2D eigenvalue weighted by Crippen LogP contribution is 2.29. The van der Waals surface area contributed by atoms with Crippen molar-refractivity contribution >= 4 is 17.5 Å². The second kappa shape index (κ2) is 7.68. The Bertz CT molecular complexity index is 769. The predicted octanol–water partition coefficient (Wildman–Crippen LogP) is 4.32. The average molecular weight is 383 g/mol. The molecule has 0 saturated carbocycles. The third-order valence-electron chi connectivity index (χ3n) is 4.41. The first-order valence-corrected chi connectivity index (χ1v) is 8.64. The molecule has 0 radical (unpaired) electrons. The highest BCUT2D eigenvalue weighted by molar-refractivity contribution is 6.30. The molecule has 7 heteroatoms. The minimum absolute atomic E-state index is 0.0552. The van der Waals surface area contributed by atoms with Gasteiger partial charge in [-0.3, -0.25) is 9.69 Å². The molecule has 0 bridgehead atoms. The zero-order valence-corrected chi connectivity index (χ0v) is 14.7. The summed E-state index contributed by atoms with van der Waals surface area (Å²) < 4.78 is 38.4. The van der Waals surface area contributed by atoms with Crippen molar-refractivity contribution < 1.29 is 18.0 Å². The average Bonchev–Trinajstić information content (AvgIpc) is 2.62. The van der Waals surface area contributed by atoms with Crippen LogP contribution in [0.4, 0.5) is 13.2 Å². The Morgan fingerprint density at radius 3 is 2.27 bits per heavy atom. The number of alkyl halides is 3. The molecule has 3 rings (SSSR count). The Hall–Kier alpha value is -2.05. The third kappa shape index (κ3) is 4.56. The van der Waals surface area contributed by atoms with E-state index in [-0.39, 0.29) is 5.91 Å². The zero-order valence-electron chi connectivity index (χ0n) is 14.0. The van der Waals surface area contributed by atoms with Crippen LogP contribution < -0.4 is 0 Å². The number of nitrogens with zero attached hydrogens (tertiary/aromatic N) is 2. The van der Waals surface area contributed by atoms with Crippen LogP contribution in [-0.2, 0) is 12.7 Å². The van der Waals surface area contributed by atoms with E-state index >= 15 is 0 Å². The summed E-state index contributed by atoms with van der Waals surface area (Å²) in [5.41, 5.74) is 0.574. The van der Waals surface area contributed by atoms with Crippen LogP contribution in [0.15, 0.2) is 48.5 Å². The highest BCUT2D eigenvalue weighted by Gasteiger charge is 2.30. The fourth-order valence-electron chi connectivity index (χ4n) is 2.99. The largest absolute Gasteiger partial charge is 0.416 e. The molecule has 0 unspecified atom stereocenters. The van der Waals surface area contributed by atoms with Crippen LogP contribution in [0.3, 0.4) is 0 Å². The summed E-state index contributed by atoms with van der Waals surface area (Å²) in [6.45, 7) is 2.76. The summed E-state index contributed by atoms with van der Waals surface area (Å²) in [6, 6.07) is 12.1. The third-order valence-corrected chi connectivity index (χ3v) is 4.66. The van der Waals surface area contributed by atoms with Gasteiger partial charge in [-0.05, 0) is 35.9 Å². The molecule has 2 aromatic carbocycles. The first kappa shape index (κ1) is 18.7. The number of halogens is 4. The maximum absolute atomic E-state index is 12.8. The van der Waals surface area contributed by atoms with Gasteiger partial charge < -0.3 is 4.90 Å². The number of piperazine rings is 1. The Kier molecular flexibility index (Phi) is 5.53. The number of rotatable bonds is 3. The molecule has 1 amide bonds. The molecule has 26 heavy (non-hydrogen) atoms. The van der Waals surface area contributed by atoms with Gasteiger partial charge in [0.1, 0.15) is 0 Å². The molecule has 1 saturated heterocycles. The van der Waals surface area contributed by atoms with Crippen LogP contribution >= 0.6 is 11.6 Å². The van der Waals surface area contributed by atoms with Gasteiger partial charge in [-0.25, -0.2) is 0 Å². The fraction of sp³-hybridized carbons (Fsp3) is 0.316. The van der Waals surface area contributed by atoms with Crippen LogP contribution in [-0.4, -0.2) is 41.9 Å². The maximum Gasteiger partial charge on any atom is 0.416 e. The summed E-state index contributed by atoms with van der Waals surface area (Å²) >= 11 is 5.84. The van der Waals surface area contributed by atoms with Crippen LogP contribution in [0.1, 0.15) is 21.5 Å². The molecule has 0 aromatic heterocycles. The van der Waals surface area contributed by atoms with Gasteiger partial charge in [-0.15, -0.1) is 0 Å². The van der Waals surface area contributed by atoms with Crippen molar-refractivity contribution in [3.8, 4) is 0 Å². The lowest BCUT2D eigenvalue weighted by Crippen LogP contribution is -2.48. The lowest BCUT2D eigenvalue weighted by Gasteiger charge is -2.35. The zero-order chi connectivity index (χ0) is 18.7. The first-order valence-electron chi connectivity index (χ1n) is 8.26. The van der Waals surface area contributed by atoms with E-state index in [2.05, 4.69) is 4.90 Å². The molecular weight excluding hydrogens is 365 g/mol. The van der Waals surface area contributed by atoms with Gasteiger partial charge in [0.25, 0.3) is 5.91 Å². The van der Waals surface area contributed by atoms with Gasteiger partial charge in [-0.2, -0.15) is 13.2 Å². The van der Waals surface area contributed by atoms with E-state index in [1.807, 2.05) is 0 Å². The number of hydrogen-bond donors (Lipinski definition) is 0. The standard InChI is InChI=1S/C19H18ClF3N2O/c20-17-6-4-15(5-7-17)18(26)25-10-8-24(9-11-25)13-14-2-1-3-16(12-14)19(21,22)23/h1-7,12H,8-11,13H2. The Morgan fingerprint density at radius 2 is 1.65 bits per heavy atom. The Balaban J connectivity index is 1.57. The van der Waals surface area contributed by atoms with Crippen molar-refractivity contribution in [2.24, 2.45) is 0 Å². The Labute approximate surface area is 155 Å². The van der Waals surface area contributed by atoms with Crippen molar-refractivity contribution in [2.45, 2.75) is 12.7 Å². The second-order valence-corrected chi connectivity index (χ2v) is 6.71. The molecular formula is C19H18ClF3N2O. The van der Waals surface area contributed by atoms with E-state index in [1.165, 1.54) is 12.1 Å². The van der Waals surface area contributed by atoms with Crippen molar-refractivity contribution in [3.63, 3.8) is 0 Å². The summed E-state index contributed by atoms with van der Waals surface area (Å²) in [5.74, 6) is -0.0552. The van der Waals surface area contributed by atoms with E-state index in [1.54, 1.807) is 35.2 Å². The van der Waals surface area contributed by atoms with E-state index in [9.17, 15) is 18.0 Å². The number of hydrogen-bond acceptors (Lipinski definition) is 2. The molecule has 0 aliphatic carbocycles. The quantitative estimate of drug-likeness (QED) is 0.789. The monoisotopic (exact) mass is 382 g/mol. The van der Waals surface area contributed by atoms with Gasteiger partial charge in [0, 0.05) is 43.3 Å². The molecule has 2 aromatic rings. The fourth-order valence-corrected chi connectivity index (χ4v) is 3.11. The van der Waals surface area contributed by atoms with Gasteiger partial charge in [0.2, 0.25) is 0 Å². The minimum Gasteiger partial charge on any atom is -0.336 e. The predicted molar refractivity (Wildman–Crippen MR) is 94.1 cm³/mol. The Morgan fingerprint density at radius 1 is 1.00 bits per heavy atom. The summed E-state index contributed by atoms with van der Waals surface area (Å²) in [6.07, 6.45) is -4.33. The summed E-state index contributed by atoms with van der Waals surface area (Å²) in [5, 5.41) is 0.576. The van der Waals surface area contributed by atoms with E-state index in [0.29, 0.717) is 48.9 Å². The van der Waals surface area contributed by atoms with Crippen LogP contribution in [0.2, 0.25) is 5.02 Å². The molecule has 1 heterocycles. The second-order valence-electron chi connectivity index (χ2n) is 6.27. The lowest BCUT2D eigenvalue weighted by molar-refractivity contribution is -0.137. The SMILES string of the molecule is O=C(c1ccc(Cl)cc1)N1CCN(Cc2cccc(C(F)(F)F)c2)CC1. The lowest BCUT2D eigenvalue weighted by atomic mass is 10.1. The molecule has 1 fully saturated rings. The topological polar surface area (TPSA) is 23.6 Å². The van der Waals surface area contributed by atoms with Gasteiger partial charge >= 0.3 is 6.18 Å². The smallest absolute Gasteiger partial charge is 0.336 e. The van der Waals surface area contributed by atoms with Crippen LogP contribution in [0, 0.1) is 0 Å².